The number of nitrogens with zero attached hydrogens (tertiary/aromatic N) is 1. The number of nitrogens with one attached hydrogen (secondary N) is 1. The minimum Gasteiger partial charge on any atom is -0.378 e. The molecule has 3 N–H and O–H groups in total. The summed E-state index contributed by atoms with van der Waals surface area (Å²) in [6.45, 7) is 4.62. The van der Waals surface area contributed by atoms with Crippen LogP contribution in [0.4, 0.5) is 11.4 Å². The Morgan fingerprint density at radius 1 is 1.15 bits per heavy atom. The van der Waals surface area contributed by atoms with E-state index >= 15 is 0 Å². The van der Waals surface area contributed by atoms with Gasteiger partial charge in [-0.05, 0) is 17.7 Å². The number of anilines is 2. The van der Waals surface area contributed by atoms with Crippen LogP contribution >= 0.6 is 11.6 Å². The van der Waals surface area contributed by atoms with E-state index in [1.54, 1.807) is 0 Å². The van der Waals surface area contributed by atoms with Crippen LogP contribution in [0.15, 0.2) is 48.5 Å². The van der Waals surface area contributed by atoms with Gasteiger partial charge in [0.2, 0.25) is 5.91 Å². The van der Waals surface area contributed by atoms with Crippen LogP contribution in [0.2, 0.25) is 5.02 Å². The minimum atomic E-state index is -0.381. The summed E-state index contributed by atoms with van der Waals surface area (Å²) in [6, 6.07) is 14.8. The molecule has 1 heterocycles. The summed E-state index contributed by atoms with van der Waals surface area (Å²) in [7, 11) is 0. The second-order valence-electron chi connectivity index (χ2n) is 6.45. The van der Waals surface area contributed by atoms with Gasteiger partial charge in [-0.3, -0.25) is 4.79 Å². The van der Waals surface area contributed by atoms with E-state index in [0.29, 0.717) is 23.9 Å². The number of morpholine rings is 1. The van der Waals surface area contributed by atoms with Gasteiger partial charge in [-0.2, -0.15) is 0 Å². The summed E-state index contributed by atoms with van der Waals surface area (Å²) in [5.74, 6) is -0.507. The molecule has 1 saturated heterocycles. The molecule has 5 nitrogen and oxygen atoms in total. The van der Waals surface area contributed by atoms with E-state index in [9.17, 15) is 4.79 Å². The molecule has 2 unspecified atom stereocenters. The molecular weight excluding hydrogens is 350 g/mol. The van der Waals surface area contributed by atoms with Crippen molar-refractivity contribution in [2.24, 2.45) is 11.7 Å². The number of nitrogens with two attached hydrogens (primary N) is 1. The fraction of sp³-hybridized carbons (Fsp3) is 0.350. The molecule has 1 amide bonds. The third kappa shape index (κ3) is 4.18. The molecule has 1 fully saturated rings. The van der Waals surface area contributed by atoms with Crippen molar-refractivity contribution in [1.82, 2.24) is 0 Å². The largest absolute Gasteiger partial charge is 0.378 e. The fourth-order valence-electron chi connectivity index (χ4n) is 3.10. The highest BCUT2D eigenvalue weighted by Gasteiger charge is 2.24. The van der Waals surface area contributed by atoms with E-state index in [1.165, 1.54) is 0 Å². The van der Waals surface area contributed by atoms with Crippen molar-refractivity contribution >= 4 is 28.9 Å². The van der Waals surface area contributed by atoms with Gasteiger partial charge in [-0.15, -0.1) is 0 Å². The Hall–Kier alpha value is -2.08. The lowest BCUT2D eigenvalue weighted by Crippen LogP contribution is -2.37. The van der Waals surface area contributed by atoms with Crippen molar-refractivity contribution in [1.29, 1.82) is 0 Å². The molecule has 3 rings (SSSR count). The van der Waals surface area contributed by atoms with Crippen LogP contribution in [-0.2, 0) is 9.53 Å². The topological polar surface area (TPSA) is 67.6 Å². The van der Waals surface area contributed by atoms with Crippen molar-refractivity contribution in [3.8, 4) is 0 Å². The summed E-state index contributed by atoms with van der Waals surface area (Å²) in [5.41, 5.74) is 8.77. The smallest absolute Gasteiger partial charge is 0.229 e. The maximum absolute atomic E-state index is 12.8. The third-order valence-corrected chi connectivity index (χ3v) is 5.01. The number of hydrogen-bond acceptors (Lipinski definition) is 4. The van der Waals surface area contributed by atoms with Crippen LogP contribution < -0.4 is 16.0 Å². The molecule has 1 aliphatic rings. The van der Waals surface area contributed by atoms with Crippen LogP contribution in [0, 0.1) is 5.92 Å². The first-order chi connectivity index (χ1) is 12.6. The lowest BCUT2D eigenvalue weighted by molar-refractivity contribution is -0.120. The monoisotopic (exact) mass is 373 g/mol. The Kier molecular flexibility index (Phi) is 6.14. The van der Waals surface area contributed by atoms with Gasteiger partial charge in [0.15, 0.2) is 0 Å². The molecule has 0 bridgehead atoms. The Morgan fingerprint density at radius 3 is 2.54 bits per heavy atom. The zero-order valence-electron chi connectivity index (χ0n) is 14.8. The molecule has 2 aromatic rings. The summed E-state index contributed by atoms with van der Waals surface area (Å²) < 4.78 is 5.41. The van der Waals surface area contributed by atoms with Gasteiger partial charge in [0.1, 0.15) is 0 Å². The van der Waals surface area contributed by atoms with Crippen molar-refractivity contribution in [2.45, 2.75) is 13.0 Å². The van der Waals surface area contributed by atoms with Gasteiger partial charge >= 0.3 is 0 Å². The van der Waals surface area contributed by atoms with E-state index in [2.05, 4.69) is 10.2 Å². The van der Waals surface area contributed by atoms with Crippen molar-refractivity contribution in [3.63, 3.8) is 0 Å². The first-order valence-corrected chi connectivity index (χ1v) is 9.18. The Morgan fingerprint density at radius 2 is 1.85 bits per heavy atom. The average Bonchev–Trinajstić information content (AvgIpc) is 2.68. The van der Waals surface area contributed by atoms with Crippen molar-refractivity contribution in [2.75, 3.05) is 36.5 Å². The summed E-state index contributed by atoms with van der Waals surface area (Å²) in [5, 5.41) is 3.63. The Bertz CT molecular complexity index is 748. The highest BCUT2D eigenvalue weighted by Crippen LogP contribution is 2.35. The summed E-state index contributed by atoms with van der Waals surface area (Å²) >= 11 is 6.43. The lowest BCUT2D eigenvalue weighted by Gasteiger charge is -2.31. The lowest BCUT2D eigenvalue weighted by atomic mass is 9.94. The quantitative estimate of drug-likeness (QED) is 0.842. The van der Waals surface area contributed by atoms with Crippen LogP contribution in [0.5, 0.6) is 0 Å². The standard InChI is InChI=1S/C20H24ClN3O2/c1-14(18(22)15-6-3-2-4-7-15)20(25)23-17-9-5-8-16(21)19(17)24-10-12-26-13-11-24/h2-9,14,18H,10-13,22H2,1H3,(H,23,25). The first kappa shape index (κ1) is 18.7. The molecule has 138 valence electrons. The normalized spacial score (nSPS) is 16.8. The predicted octanol–water partition coefficient (Wildman–Crippen LogP) is 3.45. The fourth-order valence-corrected chi connectivity index (χ4v) is 3.39. The molecular formula is C20H24ClN3O2. The summed E-state index contributed by atoms with van der Waals surface area (Å²) in [6.07, 6.45) is 0. The van der Waals surface area contributed by atoms with Gasteiger partial charge in [-0.1, -0.05) is 54.9 Å². The highest BCUT2D eigenvalue weighted by molar-refractivity contribution is 6.34. The Labute approximate surface area is 159 Å². The van der Waals surface area contributed by atoms with Crippen LogP contribution in [0.25, 0.3) is 0 Å². The molecule has 0 spiro atoms. The number of para-hydroxylation sites is 1. The van der Waals surface area contributed by atoms with Gasteiger partial charge < -0.3 is 20.7 Å². The maximum Gasteiger partial charge on any atom is 0.229 e. The number of hydrogen-bond donors (Lipinski definition) is 2. The predicted molar refractivity (Wildman–Crippen MR) is 106 cm³/mol. The highest BCUT2D eigenvalue weighted by atomic mass is 35.5. The number of carbonyl (C=O) groups excluding carboxylic acids is 1. The van der Waals surface area contributed by atoms with E-state index in [0.717, 1.165) is 24.3 Å². The van der Waals surface area contributed by atoms with E-state index in [4.69, 9.17) is 22.1 Å². The second kappa shape index (κ2) is 8.54. The molecule has 0 aliphatic carbocycles. The number of benzene rings is 2. The van der Waals surface area contributed by atoms with Gasteiger partial charge in [0.05, 0.1) is 35.5 Å². The van der Waals surface area contributed by atoms with Crippen LogP contribution in [0.3, 0.4) is 0 Å². The molecule has 2 aromatic carbocycles. The molecule has 0 radical (unpaired) electrons. The van der Waals surface area contributed by atoms with E-state index in [-0.39, 0.29) is 17.9 Å². The van der Waals surface area contributed by atoms with Crippen molar-refractivity contribution in [3.05, 3.63) is 59.1 Å². The molecule has 1 aliphatic heterocycles. The molecule has 0 aromatic heterocycles. The minimum absolute atomic E-state index is 0.127. The van der Waals surface area contributed by atoms with Gasteiger partial charge in [0, 0.05) is 19.1 Å². The van der Waals surface area contributed by atoms with E-state index in [1.807, 2.05) is 55.5 Å². The SMILES string of the molecule is CC(C(=O)Nc1cccc(Cl)c1N1CCOCC1)C(N)c1ccccc1. The van der Waals surface area contributed by atoms with E-state index < -0.39 is 0 Å². The second-order valence-corrected chi connectivity index (χ2v) is 6.86. The maximum atomic E-state index is 12.8. The number of amides is 1. The Balaban J connectivity index is 1.77. The summed E-state index contributed by atoms with van der Waals surface area (Å²) in [4.78, 5) is 14.9. The first-order valence-electron chi connectivity index (χ1n) is 8.80. The van der Waals surface area contributed by atoms with Gasteiger partial charge in [-0.25, -0.2) is 0 Å². The number of halogens is 1. The van der Waals surface area contributed by atoms with Crippen molar-refractivity contribution < 1.29 is 9.53 Å². The van der Waals surface area contributed by atoms with Crippen LogP contribution in [0.1, 0.15) is 18.5 Å². The molecule has 26 heavy (non-hydrogen) atoms. The number of ether oxygens (including phenoxy) is 1. The third-order valence-electron chi connectivity index (χ3n) is 4.71. The molecule has 2 atom stereocenters. The van der Waals surface area contributed by atoms with Gasteiger partial charge in [0.25, 0.3) is 0 Å². The zero-order chi connectivity index (χ0) is 18.5. The zero-order valence-corrected chi connectivity index (χ0v) is 15.6. The van der Waals surface area contributed by atoms with Crippen LogP contribution in [-0.4, -0.2) is 32.2 Å². The molecule has 6 heteroatoms. The number of rotatable bonds is 5. The molecule has 0 saturated carbocycles. The average molecular weight is 374 g/mol. The number of carbonyl (C=O) groups is 1.